The van der Waals surface area contributed by atoms with Crippen LogP contribution in [0.3, 0.4) is 0 Å². The summed E-state index contributed by atoms with van der Waals surface area (Å²) in [5.41, 5.74) is 0. The van der Waals surface area contributed by atoms with Gasteiger partial charge in [0.2, 0.25) is 5.91 Å². The van der Waals surface area contributed by atoms with E-state index in [0.29, 0.717) is 25.0 Å². The molecule has 2 rings (SSSR count). The van der Waals surface area contributed by atoms with Crippen LogP contribution in [-0.2, 0) is 11.3 Å². The van der Waals surface area contributed by atoms with Crippen LogP contribution in [0.5, 0.6) is 0 Å². The molecule has 1 aliphatic heterocycles. The zero-order valence-corrected chi connectivity index (χ0v) is 11.7. The predicted octanol–water partition coefficient (Wildman–Crippen LogP) is 2.26. The molecule has 98 valence electrons. The van der Waals surface area contributed by atoms with E-state index in [1.165, 1.54) is 4.88 Å². The Balaban J connectivity index is 1.77. The van der Waals surface area contributed by atoms with E-state index in [2.05, 4.69) is 36.2 Å². The van der Waals surface area contributed by atoms with Gasteiger partial charge in [0.05, 0.1) is 13.1 Å². The lowest BCUT2D eigenvalue weighted by molar-refractivity contribution is -0.122. The van der Waals surface area contributed by atoms with Crippen molar-refractivity contribution in [3.8, 4) is 0 Å². The van der Waals surface area contributed by atoms with E-state index < -0.39 is 0 Å². The fourth-order valence-corrected chi connectivity index (χ4v) is 2.88. The monoisotopic (exact) mass is 264 g/mol. The molecule has 0 aliphatic carbocycles. The molecule has 0 saturated carbocycles. The molecule has 0 fully saturated rings. The van der Waals surface area contributed by atoms with Gasteiger partial charge in [-0.25, -0.2) is 0 Å². The lowest BCUT2D eigenvalue weighted by Crippen LogP contribution is -2.41. The van der Waals surface area contributed by atoms with E-state index in [9.17, 15) is 4.79 Å². The maximum Gasteiger partial charge on any atom is 0.234 e. The number of thiophene rings is 1. The Morgan fingerprint density at radius 3 is 3.11 bits per heavy atom. The van der Waals surface area contributed by atoms with Crippen molar-refractivity contribution in [2.24, 2.45) is 5.92 Å². The zero-order chi connectivity index (χ0) is 13.0. The van der Waals surface area contributed by atoms with Gasteiger partial charge in [-0.1, -0.05) is 32.1 Å². The molecular weight excluding hydrogens is 244 g/mol. The summed E-state index contributed by atoms with van der Waals surface area (Å²) >= 11 is 1.67. The Morgan fingerprint density at radius 1 is 1.61 bits per heavy atom. The molecule has 0 bridgehead atoms. The van der Waals surface area contributed by atoms with Crippen LogP contribution in [-0.4, -0.2) is 29.9 Å². The topological polar surface area (TPSA) is 32.3 Å². The van der Waals surface area contributed by atoms with Gasteiger partial charge in [-0.15, -0.1) is 11.3 Å². The average molecular weight is 264 g/mol. The standard InChI is InChI=1S/C14H20N2OS/c1-11(2)13-6-3-7-16(13)10-14(17)15-9-12-5-4-8-18-12/h3-6,8,11,13H,7,9-10H2,1-2H3,(H,15,17). The Labute approximate surface area is 112 Å². The minimum atomic E-state index is 0.109. The van der Waals surface area contributed by atoms with Crippen LogP contribution < -0.4 is 5.32 Å². The third kappa shape index (κ3) is 3.43. The van der Waals surface area contributed by atoms with E-state index >= 15 is 0 Å². The third-order valence-electron chi connectivity index (χ3n) is 3.16. The first-order valence-corrected chi connectivity index (χ1v) is 7.24. The first kappa shape index (κ1) is 13.3. The maximum atomic E-state index is 11.9. The van der Waals surface area contributed by atoms with E-state index in [0.717, 1.165) is 6.54 Å². The molecule has 1 atom stereocenters. The number of carbonyl (C=O) groups is 1. The number of hydrogen-bond donors (Lipinski definition) is 1. The molecule has 1 N–H and O–H groups in total. The van der Waals surface area contributed by atoms with Gasteiger partial charge >= 0.3 is 0 Å². The van der Waals surface area contributed by atoms with Crippen molar-refractivity contribution < 1.29 is 4.79 Å². The molecule has 1 aromatic heterocycles. The first-order chi connectivity index (χ1) is 8.66. The van der Waals surface area contributed by atoms with Crippen LogP contribution in [0.1, 0.15) is 18.7 Å². The minimum absolute atomic E-state index is 0.109. The second-order valence-electron chi connectivity index (χ2n) is 4.95. The summed E-state index contributed by atoms with van der Waals surface area (Å²) in [5.74, 6) is 0.659. The van der Waals surface area contributed by atoms with Crippen molar-refractivity contribution in [3.63, 3.8) is 0 Å². The molecule has 1 unspecified atom stereocenters. The zero-order valence-electron chi connectivity index (χ0n) is 10.9. The highest BCUT2D eigenvalue weighted by Crippen LogP contribution is 2.17. The van der Waals surface area contributed by atoms with E-state index in [1.807, 2.05) is 17.5 Å². The number of carbonyl (C=O) groups excluding carboxylic acids is 1. The number of hydrogen-bond acceptors (Lipinski definition) is 3. The molecule has 2 heterocycles. The summed E-state index contributed by atoms with van der Waals surface area (Å²) < 4.78 is 0. The van der Waals surface area contributed by atoms with E-state index in [-0.39, 0.29) is 5.91 Å². The Hall–Kier alpha value is -1.13. The first-order valence-electron chi connectivity index (χ1n) is 6.36. The van der Waals surface area contributed by atoms with Crippen LogP contribution in [0.4, 0.5) is 0 Å². The fraction of sp³-hybridized carbons (Fsp3) is 0.500. The molecule has 0 radical (unpaired) electrons. The number of amides is 1. The molecule has 0 spiro atoms. The van der Waals surface area contributed by atoms with E-state index in [4.69, 9.17) is 0 Å². The highest BCUT2D eigenvalue weighted by Gasteiger charge is 2.24. The second-order valence-corrected chi connectivity index (χ2v) is 5.98. The molecular formula is C14H20N2OS. The molecule has 1 aliphatic rings. The van der Waals surface area contributed by atoms with Gasteiger partial charge in [0.1, 0.15) is 0 Å². The van der Waals surface area contributed by atoms with E-state index in [1.54, 1.807) is 11.3 Å². The number of nitrogens with zero attached hydrogens (tertiary/aromatic N) is 1. The van der Waals surface area contributed by atoms with Gasteiger partial charge in [-0.3, -0.25) is 9.69 Å². The van der Waals surface area contributed by atoms with Crippen molar-refractivity contribution in [2.75, 3.05) is 13.1 Å². The van der Waals surface area contributed by atoms with Gasteiger partial charge in [-0.05, 0) is 17.4 Å². The van der Waals surface area contributed by atoms with Gasteiger partial charge < -0.3 is 5.32 Å². The summed E-state index contributed by atoms with van der Waals surface area (Å²) in [7, 11) is 0. The SMILES string of the molecule is CC(C)C1C=CCN1CC(=O)NCc1cccs1. The van der Waals surface area contributed by atoms with Crippen LogP contribution in [0.15, 0.2) is 29.7 Å². The molecule has 0 saturated heterocycles. The highest BCUT2D eigenvalue weighted by molar-refractivity contribution is 7.09. The van der Waals surface area contributed by atoms with Crippen molar-refractivity contribution in [3.05, 3.63) is 34.5 Å². The largest absolute Gasteiger partial charge is 0.350 e. The predicted molar refractivity (Wildman–Crippen MR) is 75.5 cm³/mol. The van der Waals surface area contributed by atoms with Gasteiger partial charge in [0.15, 0.2) is 0 Å². The summed E-state index contributed by atoms with van der Waals surface area (Å²) in [4.78, 5) is 15.3. The van der Waals surface area contributed by atoms with Gasteiger partial charge in [-0.2, -0.15) is 0 Å². The van der Waals surface area contributed by atoms with Crippen LogP contribution in [0.2, 0.25) is 0 Å². The van der Waals surface area contributed by atoms with Crippen LogP contribution in [0, 0.1) is 5.92 Å². The summed E-state index contributed by atoms with van der Waals surface area (Å²) in [6.07, 6.45) is 4.36. The summed E-state index contributed by atoms with van der Waals surface area (Å²) in [5, 5.41) is 5.00. The van der Waals surface area contributed by atoms with Crippen molar-refractivity contribution >= 4 is 17.2 Å². The van der Waals surface area contributed by atoms with Crippen molar-refractivity contribution in [1.82, 2.24) is 10.2 Å². The van der Waals surface area contributed by atoms with Crippen LogP contribution in [0.25, 0.3) is 0 Å². The fourth-order valence-electron chi connectivity index (χ4n) is 2.23. The molecule has 18 heavy (non-hydrogen) atoms. The molecule has 1 aromatic rings. The normalized spacial score (nSPS) is 19.6. The Bertz CT molecular complexity index is 411. The van der Waals surface area contributed by atoms with Crippen molar-refractivity contribution in [2.45, 2.75) is 26.4 Å². The quantitative estimate of drug-likeness (QED) is 0.827. The minimum Gasteiger partial charge on any atom is -0.350 e. The smallest absolute Gasteiger partial charge is 0.234 e. The Kier molecular flexibility index (Phi) is 4.55. The average Bonchev–Trinajstić information content (AvgIpc) is 2.96. The molecule has 3 nitrogen and oxygen atoms in total. The lowest BCUT2D eigenvalue weighted by Gasteiger charge is -2.26. The van der Waals surface area contributed by atoms with Gasteiger partial charge in [0.25, 0.3) is 0 Å². The number of rotatable bonds is 5. The van der Waals surface area contributed by atoms with Crippen molar-refractivity contribution in [1.29, 1.82) is 0 Å². The molecule has 0 aromatic carbocycles. The second kappa shape index (κ2) is 6.16. The Morgan fingerprint density at radius 2 is 2.44 bits per heavy atom. The summed E-state index contributed by atoms with van der Waals surface area (Å²) in [6, 6.07) is 4.45. The third-order valence-corrected chi connectivity index (χ3v) is 4.04. The van der Waals surface area contributed by atoms with Gasteiger partial charge in [0, 0.05) is 17.5 Å². The highest BCUT2D eigenvalue weighted by atomic mass is 32.1. The maximum absolute atomic E-state index is 11.9. The molecule has 4 heteroatoms. The number of nitrogens with one attached hydrogen (secondary N) is 1. The van der Waals surface area contributed by atoms with Crippen LogP contribution >= 0.6 is 11.3 Å². The lowest BCUT2D eigenvalue weighted by atomic mass is 10.0. The molecule has 1 amide bonds. The summed E-state index contributed by atoms with van der Waals surface area (Å²) in [6.45, 7) is 6.40.